The number of ether oxygens (including phenoxy) is 2. The number of nitrogens with zero attached hydrogens (tertiary/aromatic N) is 2. The molecule has 1 unspecified atom stereocenters. The summed E-state index contributed by atoms with van der Waals surface area (Å²) < 4.78 is 11.4. The summed E-state index contributed by atoms with van der Waals surface area (Å²) in [5, 5.41) is 2.52. The number of piperidine rings is 3. The average molecular weight is 498 g/mol. The monoisotopic (exact) mass is 497 g/mol. The number of carbonyl (C=O) groups is 3. The van der Waals surface area contributed by atoms with Crippen LogP contribution < -0.4 is 10.1 Å². The van der Waals surface area contributed by atoms with E-state index in [1.807, 2.05) is 31.7 Å². The molecule has 1 atom stereocenters. The van der Waals surface area contributed by atoms with Crippen LogP contribution in [0.5, 0.6) is 5.75 Å². The van der Waals surface area contributed by atoms with Gasteiger partial charge in [0.05, 0.1) is 0 Å². The van der Waals surface area contributed by atoms with Crippen LogP contribution in [0.1, 0.15) is 70.4 Å². The van der Waals surface area contributed by atoms with E-state index >= 15 is 0 Å². The Kier molecular flexibility index (Phi) is 6.74. The van der Waals surface area contributed by atoms with Gasteiger partial charge in [0.25, 0.3) is 0 Å². The smallest absolute Gasteiger partial charge is 0.410 e. The maximum absolute atomic E-state index is 12.8. The minimum Gasteiger partial charge on any atom is -0.492 e. The maximum atomic E-state index is 12.8. The van der Waals surface area contributed by atoms with Crippen molar-refractivity contribution in [2.75, 3.05) is 32.8 Å². The standard InChI is InChI=1S/C28H39N3O5/c1-27(2,3)36-26(34)31-14-9-21(10-15-31)30-12-7-19(8-13-30)16-20-4-5-23-22(17-20)28(18-35-23)11-6-24(32)29-25(28)33/h4-5,17,19,21H,6-16,18H2,1-3H3,(H,29,32,33). The highest BCUT2D eigenvalue weighted by molar-refractivity contribution is 6.04. The lowest BCUT2D eigenvalue weighted by Crippen LogP contribution is -2.52. The molecule has 1 N–H and O–H groups in total. The molecule has 0 aliphatic carbocycles. The Balaban J connectivity index is 1.13. The number of hydrogen-bond donors (Lipinski definition) is 1. The second kappa shape index (κ2) is 9.69. The van der Waals surface area contributed by atoms with Gasteiger partial charge in [-0.05, 0) is 89.9 Å². The molecular formula is C28H39N3O5. The molecular weight excluding hydrogens is 458 g/mol. The number of nitrogens with one attached hydrogen (secondary N) is 1. The number of hydrogen-bond acceptors (Lipinski definition) is 6. The topological polar surface area (TPSA) is 88.2 Å². The van der Waals surface area contributed by atoms with Crippen molar-refractivity contribution >= 4 is 17.9 Å². The molecule has 3 saturated heterocycles. The molecule has 3 amide bonds. The summed E-state index contributed by atoms with van der Waals surface area (Å²) in [5.41, 5.74) is 1.01. The van der Waals surface area contributed by atoms with E-state index in [4.69, 9.17) is 9.47 Å². The number of benzene rings is 1. The largest absolute Gasteiger partial charge is 0.492 e. The van der Waals surface area contributed by atoms with Crippen molar-refractivity contribution in [3.63, 3.8) is 0 Å². The molecule has 1 aromatic carbocycles. The molecule has 4 heterocycles. The van der Waals surface area contributed by atoms with E-state index in [9.17, 15) is 14.4 Å². The fraction of sp³-hybridized carbons (Fsp3) is 0.679. The minimum atomic E-state index is -0.725. The van der Waals surface area contributed by atoms with Gasteiger partial charge in [0.1, 0.15) is 23.4 Å². The van der Waals surface area contributed by atoms with E-state index in [-0.39, 0.29) is 17.9 Å². The van der Waals surface area contributed by atoms with Gasteiger partial charge in [-0.15, -0.1) is 0 Å². The van der Waals surface area contributed by atoms with Gasteiger partial charge < -0.3 is 19.3 Å². The molecule has 1 spiro atoms. The highest BCUT2D eigenvalue weighted by Gasteiger charge is 2.50. The number of imide groups is 1. The van der Waals surface area contributed by atoms with Crippen LogP contribution in [0.25, 0.3) is 0 Å². The lowest BCUT2D eigenvalue weighted by Gasteiger charge is -2.42. The zero-order valence-electron chi connectivity index (χ0n) is 21.8. The fourth-order valence-corrected chi connectivity index (χ4v) is 6.22. The molecule has 8 nitrogen and oxygen atoms in total. The van der Waals surface area contributed by atoms with Gasteiger partial charge >= 0.3 is 6.09 Å². The summed E-state index contributed by atoms with van der Waals surface area (Å²) in [7, 11) is 0. The van der Waals surface area contributed by atoms with E-state index in [0.717, 1.165) is 69.6 Å². The van der Waals surface area contributed by atoms with Crippen LogP contribution in [0, 0.1) is 5.92 Å². The number of fused-ring (bicyclic) bond motifs is 2. The molecule has 5 rings (SSSR count). The summed E-state index contributed by atoms with van der Waals surface area (Å²) in [5.74, 6) is 0.968. The van der Waals surface area contributed by atoms with Gasteiger partial charge in [-0.3, -0.25) is 14.9 Å². The Hall–Kier alpha value is -2.61. The first-order valence-electron chi connectivity index (χ1n) is 13.5. The first-order chi connectivity index (χ1) is 17.1. The molecule has 0 aromatic heterocycles. The van der Waals surface area contributed by atoms with Gasteiger partial charge in [0.2, 0.25) is 11.8 Å². The Morgan fingerprint density at radius 2 is 1.83 bits per heavy atom. The molecule has 0 radical (unpaired) electrons. The first kappa shape index (κ1) is 25.1. The van der Waals surface area contributed by atoms with Crippen molar-refractivity contribution in [2.45, 2.75) is 82.8 Å². The Bertz CT molecular complexity index is 1020. The number of amides is 3. The van der Waals surface area contributed by atoms with Crippen molar-refractivity contribution in [3.8, 4) is 5.75 Å². The molecule has 4 aliphatic rings. The van der Waals surface area contributed by atoms with Crippen LogP contribution in [0.4, 0.5) is 4.79 Å². The Morgan fingerprint density at radius 1 is 1.11 bits per heavy atom. The quantitative estimate of drug-likeness (QED) is 0.644. The molecule has 1 aromatic rings. The SMILES string of the molecule is CC(C)(C)OC(=O)N1CCC(N2CCC(Cc3ccc4c(c3)C3(CCC(=O)NC3=O)CO4)CC2)CC1. The molecule has 0 bridgehead atoms. The van der Waals surface area contributed by atoms with Crippen LogP contribution >= 0.6 is 0 Å². The van der Waals surface area contributed by atoms with Crippen molar-refractivity contribution in [1.82, 2.24) is 15.1 Å². The van der Waals surface area contributed by atoms with Crippen LogP contribution in [-0.2, 0) is 26.2 Å². The zero-order chi connectivity index (χ0) is 25.5. The van der Waals surface area contributed by atoms with Gasteiger partial charge in [0.15, 0.2) is 0 Å². The molecule has 3 fully saturated rings. The second-order valence-electron chi connectivity index (χ2n) is 12.0. The third-order valence-electron chi connectivity index (χ3n) is 8.31. The van der Waals surface area contributed by atoms with Crippen LogP contribution in [0.15, 0.2) is 18.2 Å². The minimum absolute atomic E-state index is 0.196. The fourth-order valence-electron chi connectivity index (χ4n) is 6.22. The van der Waals surface area contributed by atoms with Crippen LogP contribution in [-0.4, -0.2) is 72.1 Å². The third kappa shape index (κ3) is 5.10. The second-order valence-corrected chi connectivity index (χ2v) is 12.0. The molecule has 4 aliphatic heterocycles. The number of rotatable bonds is 3. The van der Waals surface area contributed by atoms with Gasteiger partial charge in [0, 0.05) is 31.1 Å². The number of carbonyl (C=O) groups excluding carboxylic acids is 3. The Labute approximate surface area is 213 Å². The predicted octanol–water partition coefficient (Wildman–Crippen LogP) is 3.41. The lowest BCUT2D eigenvalue weighted by molar-refractivity contribution is -0.138. The van der Waals surface area contributed by atoms with Gasteiger partial charge in [-0.2, -0.15) is 0 Å². The number of likely N-dealkylation sites (tertiary alicyclic amines) is 2. The van der Waals surface area contributed by atoms with Crippen molar-refractivity contribution in [3.05, 3.63) is 29.3 Å². The first-order valence-corrected chi connectivity index (χ1v) is 13.5. The third-order valence-corrected chi connectivity index (χ3v) is 8.31. The van der Waals surface area contributed by atoms with Crippen molar-refractivity contribution in [2.24, 2.45) is 5.92 Å². The van der Waals surface area contributed by atoms with Crippen molar-refractivity contribution < 1.29 is 23.9 Å². The van der Waals surface area contributed by atoms with E-state index in [1.165, 1.54) is 5.56 Å². The predicted molar refractivity (Wildman–Crippen MR) is 135 cm³/mol. The molecule has 196 valence electrons. The highest BCUT2D eigenvalue weighted by atomic mass is 16.6. The summed E-state index contributed by atoms with van der Waals surface area (Å²) >= 11 is 0. The van der Waals surface area contributed by atoms with E-state index in [0.29, 0.717) is 31.4 Å². The molecule has 8 heteroatoms. The van der Waals surface area contributed by atoms with Gasteiger partial charge in [-0.25, -0.2) is 4.79 Å². The van der Waals surface area contributed by atoms with E-state index < -0.39 is 11.0 Å². The summed E-state index contributed by atoms with van der Waals surface area (Å²) in [6.45, 7) is 9.74. The maximum Gasteiger partial charge on any atom is 0.410 e. The van der Waals surface area contributed by atoms with E-state index in [2.05, 4.69) is 22.3 Å². The summed E-state index contributed by atoms with van der Waals surface area (Å²) in [6.07, 6.45) is 5.98. The average Bonchev–Trinajstić information content (AvgIpc) is 3.20. The molecule has 36 heavy (non-hydrogen) atoms. The van der Waals surface area contributed by atoms with Crippen LogP contribution in [0.3, 0.4) is 0 Å². The van der Waals surface area contributed by atoms with Crippen LogP contribution in [0.2, 0.25) is 0 Å². The molecule has 0 saturated carbocycles. The van der Waals surface area contributed by atoms with Gasteiger partial charge in [-0.1, -0.05) is 12.1 Å². The van der Waals surface area contributed by atoms with E-state index in [1.54, 1.807) is 0 Å². The normalized spacial score (nSPS) is 26.0. The zero-order valence-corrected chi connectivity index (χ0v) is 21.8. The highest BCUT2D eigenvalue weighted by Crippen LogP contribution is 2.44. The van der Waals surface area contributed by atoms with Crippen molar-refractivity contribution in [1.29, 1.82) is 0 Å². The Morgan fingerprint density at radius 3 is 2.50 bits per heavy atom. The summed E-state index contributed by atoms with van der Waals surface area (Å²) in [6, 6.07) is 6.81. The lowest BCUT2D eigenvalue weighted by atomic mass is 9.74. The summed E-state index contributed by atoms with van der Waals surface area (Å²) in [4.78, 5) is 41.3.